The Kier molecular flexibility index (Phi) is 15.7. The molecule has 2 aromatic rings. The van der Waals surface area contributed by atoms with Gasteiger partial charge in [0.2, 0.25) is 11.8 Å². The molecular formula is C42H59N3O7. The summed E-state index contributed by atoms with van der Waals surface area (Å²) in [5.41, 5.74) is 1.06. The Balaban J connectivity index is 1.52. The zero-order chi connectivity index (χ0) is 37.7. The SMILES string of the molecule is CCC(C)[C@H](NC(=O)[C@@H](CC(=O)[C@H](CC(C)C)NC(=O)[C@H](CCc1ccccc1)CC(=O)CN1CCOCC1)Cc1ccccc1)C(=O)[C@@]1(C)CO1. The number of hydrogen-bond acceptors (Lipinski definition) is 8. The maximum atomic E-state index is 14.2. The predicted molar refractivity (Wildman–Crippen MR) is 201 cm³/mol. The summed E-state index contributed by atoms with van der Waals surface area (Å²) in [4.78, 5) is 71.1. The number of epoxide rings is 1. The molecule has 2 aromatic carbocycles. The first-order valence-electron chi connectivity index (χ1n) is 19.1. The van der Waals surface area contributed by atoms with Crippen LogP contribution < -0.4 is 10.6 Å². The Hall–Kier alpha value is -3.73. The number of aryl methyl sites for hydroxylation is 1. The molecule has 1 unspecified atom stereocenters. The average molecular weight is 718 g/mol. The Morgan fingerprint density at radius 2 is 1.42 bits per heavy atom. The summed E-state index contributed by atoms with van der Waals surface area (Å²) in [7, 11) is 0. The van der Waals surface area contributed by atoms with Gasteiger partial charge in [0, 0.05) is 37.8 Å². The number of carbonyl (C=O) groups is 5. The van der Waals surface area contributed by atoms with Crippen molar-refractivity contribution in [3.63, 3.8) is 0 Å². The fraction of sp³-hybridized carbons (Fsp3) is 0.595. The van der Waals surface area contributed by atoms with Gasteiger partial charge in [-0.1, -0.05) is 94.8 Å². The van der Waals surface area contributed by atoms with Crippen molar-refractivity contribution in [3.05, 3.63) is 71.8 Å². The minimum atomic E-state index is -0.903. The van der Waals surface area contributed by atoms with Gasteiger partial charge in [-0.15, -0.1) is 0 Å². The molecule has 0 spiro atoms. The molecule has 2 saturated heterocycles. The lowest BCUT2D eigenvalue weighted by Gasteiger charge is -2.28. The van der Waals surface area contributed by atoms with Crippen molar-refractivity contribution in [2.75, 3.05) is 39.5 Å². The Morgan fingerprint density at radius 1 is 0.827 bits per heavy atom. The highest BCUT2D eigenvalue weighted by Gasteiger charge is 2.51. The molecule has 2 aliphatic heterocycles. The van der Waals surface area contributed by atoms with Gasteiger partial charge in [-0.25, -0.2) is 0 Å². The van der Waals surface area contributed by atoms with E-state index in [9.17, 15) is 24.0 Å². The molecule has 0 bridgehead atoms. The van der Waals surface area contributed by atoms with Crippen molar-refractivity contribution in [1.29, 1.82) is 0 Å². The topological polar surface area (TPSA) is 134 Å². The first-order valence-corrected chi connectivity index (χ1v) is 19.1. The largest absolute Gasteiger partial charge is 0.379 e. The molecule has 4 rings (SSSR count). The van der Waals surface area contributed by atoms with Gasteiger partial charge >= 0.3 is 0 Å². The van der Waals surface area contributed by atoms with Crippen LogP contribution in [0.25, 0.3) is 0 Å². The Bertz CT molecular complexity index is 1470. The lowest BCUT2D eigenvalue weighted by molar-refractivity contribution is -0.136. The molecule has 0 radical (unpaired) electrons. The van der Waals surface area contributed by atoms with Gasteiger partial charge in [-0.2, -0.15) is 0 Å². The lowest BCUT2D eigenvalue weighted by Crippen LogP contribution is -2.52. The molecule has 2 heterocycles. The fourth-order valence-electron chi connectivity index (χ4n) is 6.79. The summed E-state index contributed by atoms with van der Waals surface area (Å²) in [6.07, 6.45) is 2.40. The van der Waals surface area contributed by atoms with Crippen LogP contribution in [0.1, 0.15) is 77.8 Å². The number of ketones is 3. The number of rotatable bonds is 22. The molecule has 2 fully saturated rings. The highest BCUT2D eigenvalue weighted by molar-refractivity contribution is 5.98. The van der Waals surface area contributed by atoms with Gasteiger partial charge in [0.05, 0.1) is 38.4 Å². The highest BCUT2D eigenvalue weighted by Crippen LogP contribution is 2.31. The van der Waals surface area contributed by atoms with Gasteiger partial charge < -0.3 is 20.1 Å². The molecule has 2 aliphatic rings. The maximum absolute atomic E-state index is 14.2. The van der Waals surface area contributed by atoms with Crippen molar-refractivity contribution < 1.29 is 33.4 Å². The normalized spacial score (nSPS) is 20.3. The molecule has 10 nitrogen and oxygen atoms in total. The fourth-order valence-corrected chi connectivity index (χ4v) is 6.79. The summed E-state index contributed by atoms with van der Waals surface area (Å²) in [6.45, 7) is 12.7. The number of amides is 2. The molecule has 10 heteroatoms. The van der Waals surface area contributed by atoms with E-state index in [0.717, 1.165) is 11.1 Å². The summed E-state index contributed by atoms with van der Waals surface area (Å²) in [5, 5.41) is 6.05. The summed E-state index contributed by atoms with van der Waals surface area (Å²) in [6, 6.07) is 17.8. The average Bonchev–Trinajstić information content (AvgIpc) is 3.90. The van der Waals surface area contributed by atoms with Gasteiger partial charge in [0.1, 0.15) is 11.4 Å². The molecule has 0 aromatic heterocycles. The third kappa shape index (κ3) is 12.7. The molecule has 2 amide bonds. The van der Waals surface area contributed by atoms with E-state index in [4.69, 9.17) is 9.47 Å². The second-order valence-corrected chi connectivity index (χ2v) is 15.4. The number of hydrogen-bond donors (Lipinski definition) is 2. The second kappa shape index (κ2) is 19.9. The quantitative estimate of drug-likeness (QED) is 0.167. The van der Waals surface area contributed by atoms with E-state index in [1.807, 2.05) is 88.4 Å². The summed E-state index contributed by atoms with van der Waals surface area (Å²) in [5.74, 6) is -2.55. The van der Waals surface area contributed by atoms with Crippen LogP contribution in [0, 0.1) is 23.7 Å². The van der Waals surface area contributed by atoms with E-state index < -0.39 is 29.5 Å². The Labute approximate surface area is 309 Å². The van der Waals surface area contributed by atoms with Crippen molar-refractivity contribution in [1.82, 2.24) is 15.5 Å². The number of nitrogens with zero attached hydrogens (tertiary/aromatic N) is 1. The number of ether oxygens (including phenoxy) is 2. The number of carbonyl (C=O) groups excluding carboxylic acids is 5. The van der Waals surface area contributed by atoms with Crippen LogP contribution in [0.5, 0.6) is 0 Å². The minimum Gasteiger partial charge on any atom is -0.379 e. The van der Waals surface area contributed by atoms with Crippen LogP contribution >= 0.6 is 0 Å². The van der Waals surface area contributed by atoms with Crippen LogP contribution in [-0.2, 0) is 46.3 Å². The number of benzene rings is 2. The standard InChI is InChI=1S/C42H59N3O7/c1-6-30(4)38(39(48)42(5)28-52-42)44-41(50)34(24-32-15-11-8-12-16-32)26-37(47)36(23-29(2)3)43-40(49)33(18-17-31-13-9-7-10-14-31)25-35(46)27-45-19-21-51-22-20-45/h7-16,29-30,33-34,36,38H,6,17-28H2,1-5H3,(H,43,49)(H,44,50)/t30?,33-,34-,36+,38+,42-/m1/s1. The van der Waals surface area contributed by atoms with E-state index in [1.165, 1.54) is 0 Å². The Morgan fingerprint density at radius 3 is 2.00 bits per heavy atom. The summed E-state index contributed by atoms with van der Waals surface area (Å²) < 4.78 is 10.9. The van der Waals surface area contributed by atoms with Gasteiger partial charge in [-0.05, 0) is 55.6 Å². The molecule has 0 aliphatic carbocycles. The van der Waals surface area contributed by atoms with Crippen molar-refractivity contribution in [3.8, 4) is 0 Å². The van der Waals surface area contributed by atoms with Crippen LogP contribution in [0.3, 0.4) is 0 Å². The minimum absolute atomic E-state index is 0.0164. The van der Waals surface area contributed by atoms with Gasteiger partial charge in [-0.3, -0.25) is 28.9 Å². The third-order valence-corrected chi connectivity index (χ3v) is 10.4. The zero-order valence-electron chi connectivity index (χ0n) is 31.7. The maximum Gasteiger partial charge on any atom is 0.224 e. The molecular weight excluding hydrogens is 658 g/mol. The zero-order valence-corrected chi connectivity index (χ0v) is 31.7. The molecule has 52 heavy (non-hydrogen) atoms. The summed E-state index contributed by atoms with van der Waals surface area (Å²) >= 11 is 0. The molecule has 2 N–H and O–H groups in total. The van der Waals surface area contributed by atoms with Gasteiger partial charge in [0.15, 0.2) is 11.6 Å². The molecule has 0 saturated carbocycles. The lowest BCUT2D eigenvalue weighted by atomic mass is 9.86. The third-order valence-electron chi connectivity index (χ3n) is 10.4. The predicted octanol–water partition coefficient (Wildman–Crippen LogP) is 4.76. The smallest absolute Gasteiger partial charge is 0.224 e. The number of Topliss-reactive ketones (excluding diaryl/α,β-unsaturated/α-hetero) is 3. The first-order chi connectivity index (χ1) is 24.9. The van der Waals surface area contributed by atoms with Crippen LogP contribution in [0.15, 0.2) is 60.7 Å². The van der Waals surface area contributed by atoms with Gasteiger partial charge in [0.25, 0.3) is 0 Å². The van der Waals surface area contributed by atoms with E-state index in [-0.39, 0.29) is 60.4 Å². The van der Waals surface area contributed by atoms with E-state index >= 15 is 0 Å². The second-order valence-electron chi connectivity index (χ2n) is 15.4. The number of morpholine rings is 1. The first kappa shape index (κ1) is 41.0. The van der Waals surface area contributed by atoms with E-state index in [1.54, 1.807) is 6.92 Å². The molecule has 6 atom stereocenters. The number of nitrogens with one attached hydrogen (secondary N) is 2. The van der Waals surface area contributed by atoms with Crippen LogP contribution in [-0.4, -0.2) is 91.2 Å². The van der Waals surface area contributed by atoms with Crippen molar-refractivity contribution in [2.45, 2.75) is 97.2 Å². The van der Waals surface area contributed by atoms with Crippen LogP contribution in [0.2, 0.25) is 0 Å². The monoisotopic (exact) mass is 717 g/mol. The highest BCUT2D eigenvalue weighted by atomic mass is 16.6. The van der Waals surface area contributed by atoms with Crippen LogP contribution in [0.4, 0.5) is 0 Å². The van der Waals surface area contributed by atoms with E-state index in [2.05, 4.69) is 15.5 Å². The van der Waals surface area contributed by atoms with Crippen molar-refractivity contribution >= 4 is 29.2 Å². The molecule has 284 valence electrons. The van der Waals surface area contributed by atoms with E-state index in [0.29, 0.717) is 65.0 Å². The van der Waals surface area contributed by atoms with Crippen molar-refractivity contribution in [2.24, 2.45) is 23.7 Å².